The van der Waals surface area contributed by atoms with Crippen LogP contribution in [0, 0.1) is 0 Å². The van der Waals surface area contributed by atoms with Crippen molar-refractivity contribution < 1.29 is 9.84 Å². The summed E-state index contributed by atoms with van der Waals surface area (Å²) in [6.07, 6.45) is -0.220. The zero-order chi connectivity index (χ0) is 14.5. The Hall–Kier alpha value is -1.55. The van der Waals surface area contributed by atoms with Gasteiger partial charge in [-0.25, -0.2) is 0 Å². The van der Waals surface area contributed by atoms with Crippen LogP contribution in [0.5, 0.6) is 5.75 Å². The summed E-state index contributed by atoms with van der Waals surface area (Å²) in [5.41, 5.74) is 7.89. The lowest BCUT2D eigenvalue weighted by molar-refractivity contribution is 0.143. The molecule has 0 fully saturated rings. The fourth-order valence-corrected chi connectivity index (χ4v) is 2.34. The summed E-state index contributed by atoms with van der Waals surface area (Å²) in [5.74, 6) is 0.633. The first-order valence-electron chi connectivity index (χ1n) is 6.43. The predicted octanol–water partition coefficient (Wildman–Crippen LogP) is 2.95. The Balaban J connectivity index is 2.18. The SMILES string of the molecule is COc1ccc(Cl)cc1[C@H](N)[C@H](O)Cc1ccccc1. The zero-order valence-electron chi connectivity index (χ0n) is 11.3. The molecular weight excluding hydrogens is 274 g/mol. The molecule has 2 rings (SSSR count). The highest BCUT2D eigenvalue weighted by molar-refractivity contribution is 6.30. The molecule has 2 aromatic rings. The molecule has 106 valence electrons. The second-order valence-corrected chi connectivity index (χ2v) is 5.11. The highest BCUT2D eigenvalue weighted by Gasteiger charge is 2.21. The summed E-state index contributed by atoms with van der Waals surface area (Å²) in [6.45, 7) is 0. The third-order valence-electron chi connectivity index (χ3n) is 3.25. The molecule has 0 spiro atoms. The fraction of sp³-hybridized carbons (Fsp3) is 0.250. The van der Waals surface area contributed by atoms with Crippen molar-refractivity contribution in [2.45, 2.75) is 18.6 Å². The Morgan fingerprint density at radius 2 is 1.90 bits per heavy atom. The maximum absolute atomic E-state index is 10.3. The second-order valence-electron chi connectivity index (χ2n) is 4.67. The van der Waals surface area contributed by atoms with Crippen LogP contribution in [0.2, 0.25) is 5.02 Å². The molecule has 2 atom stereocenters. The number of methoxy groups -OCH3 is 1. The van der Waals surface area contributed by atoms with Crippen molar-refractivity contribution in [3.63, 3.8) is 0 Å². The lowest BCUT2D eigenvalue weighted by atomic mass is 9.96. The molecule has 4 heteroatoms. The Labute approximate surface area is 123 Å². The van der Waals surface area contributed by atoms with Gasteiger partial charge in [0, 0.05) is 17.0 Å². The van der Waals surface area contributed by atoms with E-state index in [0.717, 1.165) is 5.56 Å². The Morgan fingerprint density at radius 1 is 1.20 bits per heavy atom. The van der Waals surface area contributed by atoms with Crippen molar-refractivity contribution in [3.05, 3.63) is 64.7 Å². The number of nitrogens with two attached hydrogens (primary N) is 1. The quantitative estimate of drug-likeness (QED) is 0.890. The number of aliphatic hydroxyl groups is 1. The van der Waals surface area contributed by atoms with E-state index in [0.29, 0.717) is 22.8 Å². The summed E-state index contributed by atoms with van der Waals surface area (Å²) in [5, 5.41) is 10.9. The third kappa shape index (κ3) is 3.51. The van der Waals surface area contributed by atoms with E-state index in [9.17, 15) is 5.11 Å². The van der Waals surface area contributed by atoms with Crippen LogP contribution in [0.1, 0.15) is 17.2 Å². The van der Waals surface area contributed by atoms with Crippen LogP contribution >= 0.6 is 11.6 Å². The first-order chi connectivity index (χ1) is 9.61. The third-order valence-corrected chi connectivity index (χ3v) is 3.49. The average Bonchev–Trinajstić information content (AvgIpc) is 2.47. The van der Waals surface area contributed by atoms with E-state index in [2.05, 4.69) is 0 Å². The van der Waals surface area contributed by atoms with Crippen molar-refractivity contribution >= 4 is 11.6 Å². The molecule has 3 nitrogen and oxygen atoms in total. The van der Waals surface area contributed by atoms with Gasteiger partial charge in [-0.15, -0.1) is 0 Å². The van der Waals surface area contributed by atoms with Gasteiger partial charge >= 0.3 is 0 Å². The van der Waals surface area contributed by atoms with E-state index >= 15 is 0 Å². The highest BCUT2D eigenvalue weighted by atomic mass is 35.5. The summed E-state index contributed by atoms with van der Waals surface area (Å²) in [7, 11) is 1.57. The summed E-state index contributed by atoms with van der Waals surface area (Å²) < 4.78 is 5.27. The second kappa shape index (κ2) is 6.75. The largest absolute Gasteiger partial charge is 0.496 e. The number of rotatable bonds is 5. The number of hydrogen-bond donors (Lipinski definition) is 2. The smallest absolute Gasteiger partial charge is 0.123 e. The number of hydrogen-bond acceptors (Lipinski definition) is 3. The van der Waals surface area contributed by atoms with Crippen molar-refractivity contribution in [1.29, 1.82) is 0 Å². The molecule has 20 heavy (non-hydrogen) atoms. The molecular formula is C16H18ClNO2. The van der Waals surface area contributed by atoms with Gasteiger partial charge in [0.05, 0.1) is 19.3 Å². The molecule has 0 aliphatic rings. The number of aliphatic hydroxyl groups excluding tert-OH is 1. The standard InChI is InChI=1S/C16H18ClNO2/c1-20-15-8-7-12(17)10-13(15)16(18)14(19)9-11-5-3-2-4-6-11/h2-8,10,14,16,19H,9,18H2,1H3/t14-,16+/m1/s1. The van der Waals surface area contributed by atoms with Crippen LogP contribution in [0.3, 0.4) is 0 Å². The summed E-state index contributed by atoms with van der Waals surface area (Å²) in [6, 6.07) is 14.4. The minimum absolute atomic E-state index is 0.484. The van der Waals surface area contributed by atoms with Crippen LogP contribution in [-0.2, 0) is 6.42 Å². The molecule has 0 bridgehead atoms. The van der Waals surface area contributed by atoms with Crippen molar-refractivity contribution in [2.24, 2.45) is 5.73 Å². The van der Waals surface area contributed by atoms with Gasteiger partial charge < -0.3 is 15.6 Å². The minimum atomic E-state index is -0.704. The molecule has 0 aliphatic carbocycles. The molecule has 0 amide bonds. The number of benzene rings is 2. The van der Waals surface area contributed by atoms with Crippen LogP contribution < -0.4 is 10.5 Å². The lowest BCUT2D eigenvalue weighted by Gasteiger charge is -2.21. The van der Waals surface area contributed by atoms with E-state index in [1.807, 2.05) is 30.3 Å². The minimum Gasteiger partial charge on any atom is -0.496 e. The first-order valence-corrected chi connectivity index (χ1v) is 6.80. The molecule has 0 aliphatic heterocycles. The normalized spacial score (nSPS) is 13.8. The van der Waals surface area contributed by atoms with Gasteiger partial charge in [0.25, 0.3) is 0 Å². The van der Waals surface area contributed by atoms with E-state index in [1.165, 1.54) is 0 Å². The van der Waals surface area contributed by atoms with Crippen molar-refractivity contribution in [2.75, 3.05) is 7.11 Å². The summed E-state index contributed by atoms with van der Waals surface area (Å²) >= 11 is 5.99. The maximum atomic E-state index is 10.3. The highest BCUT2D eigenvalue weighted by Crippen LogP contribution is 2.29. The van der Waals surface area contributed by atoms with Crippen LogP contribution in [0.15, 0.2) is 48.5 Å². The van der Waals surface area contributed by atoms with Gasteiger partial charge in [-0.3, -0.25) is 0 Å². The van der Waals surface area contributed by atoms with Gasteiger partial charge in [0.2, 0.25) is 0 Å². The Kier molecular flexibility index (Phi) is 5.01. The van der Waals surface area contributed by atoms with E-state index in [-0.39, 0.29) is 0 Å². The van der Waals surface area contributed by atoms with Gasteiger partial charge in [-0.2, -0.15) is 0 Å². The van der Waals surface area contributed by atoms with Crippen LogP contribution in [-0.4, -0.2) is 18.3 Å². The molecule has 2 aromatic carbocycles. The van der Waals surface area contributed by atoms with Crippen LogP contribution in [0.25, 0.3) is 0 Å². The molecule has 0 unspecified atom stereocenters. The molecule has 0 radical (unpaired) electrons. The van der Waals surface area contributed by atoms with E-state index in [1.54, 1.807) is 25.3 Å². The van der Waals surface area contributed by atoms with E-state index < -0.39 is 12.1 Å². The van der Waals surface area contributed by atoms with E-state index in [4.69, 9.17) is 22.1 Å². The number of ether oxygens (including phenoxy) is 1. The lowest BCUT2D eigenvalue weighted by Crippen LogP contribution is -2.28. The van der Waals surface area contributed by atoms with Gasteiger partial charge in [-0.1, -0.05) is 41.9 Å². The monoisotopic (exact) mass is 291 g/mol. The predicted molar refractivity (Wildman–Crippen MR) is 81.1 cm³/mol. The van der Waals surface area contributed by atoms with Crippen molar-refractivity contribution in [3.8, 4) is 5.75 Å². The van der Waals surface area contributed by atoms with Gasteiger partial charge in [0.15, 0.2) is 0 Å². The Morgan fingerprint density at radius 3 is 2.55 bits per heavy atom. The maximum Gasteiger partial charge on any atom is 0.123 e. The molecule has 0 saturated heterocycles. The topological polar surface area (TPSA) is 55.5 Å². The molecule has 0 heterocycles. The fourth-order valence-electron chi connectivity index (χ4n) is 2.16. The molecule has 0 aromatic heterocycles. The molecule has 3 N–H and O–H groups in total. The number of halogens is 1. The van der Waals surface area contributed by atoms with Gasteiger partial charge in [0.1, 0.15) is 5.75 Å². The Bertz CT molecular complexity index is 560. The average molecular weight is 292 g/mol. The zero-order valence-corrected chi connectivity index (χ0v) is 12.0. The van der Waals surface area contributed by atoms with Crippen molar-refractivity contribution in [1.82, 2.24) is 0 Å². The first kappa shape index (κ1) is 14.9. The van der Waals surface area contributed by atoms with Crippen LogP contribution in [0.4, 0.5) is 0 Å². The molecule has 0 saturated carbocycles. The summed E-state index contributed by atoms with van der Waals surface area (Å²) in [4.78, 5) is 0. The van der Waals surface area contributed by atoms with Gasteiger partial charge in [-0.05, 0) is 23.8 Å².